The first kappa shape index (κ1) is 11.8. The van der Waals surface area contributed by atoms with Gasteiger partial charge in [0, 0.05) is 11.5 Å². The van der Waals surface area contributed by atoms with Crippen LogP contribution in [0.4, 0.5) is 0 Å². The molecule has 0 saturated carbocycles. The molecule has 7 atom stereocenters. The summed E-state index contributed by atoms with van der Waals surface area (Å²) in [6, 6.07) is 0. The van der Waals surface area contributed by atoms with E-state index in [2.05, 4.69) is 0 Å². The number of carbonyl (C=O) groups excluding carboxylic acids is 2. The molecule has 2 aliphatic carbocycles. The number of ketones is 1. The summed E-state index contributed by atoms with van der Waals surface area (Å²) in [4.78, 5) is 23.8. The van der Waals surface area contributed by atoms with Gasteiger partial charge in [-0.15, -0.1) is 0 Å². The van der Waals surface area contributed by atoms with Gasteiger partial charge in [0.1, 0.15) is 24.6 Å². The van der Waals surface area contributed by atoms with Crippen LogP contribution in [-0.2, 0) is 19.1 Å². The number of epoxide rings is 1. The molecule has 3 aliphatic heterocycles. The van der Waals surface area contributed by atoms with Gasteiger partial charge in [0.15, 0.2) is 5.78 Å². The molecule has 0 amide bonds. The van der Waals surface area contributed by atoms with E-state index in [-0.39, 0.29) is 17.8 Å². The van der Waals surface area contributed by atoms with Crippen LogP contribution in [0.1, 0.15) is 20.3 Å². The van der Waals surface area contributed by atoms with Crippen molar-refractivity contribution in [3.05, 3.63) is 11.1 Å². The first-order valence-electron chi connectivity index (χ1n) is 6.71. The Hall–Kier alpha value is -1.04. The Kier molecular flexibility index (Phi) is 2.07. The van der Waals surface area contributed by atoms with Gasteiger partial charge >= 0.3 is 0 Å². The second kappa shape index (κ2) is 3.34. The predicted octanol–water partition coefficient (Wildman–Crippen LogP) is 0.00640. The van der Waals surface area contributed by atoms with Crippen LogP contribution < -0.4 is 0 Å². The summed E-state index contributed by atoms with van der Waals surface area (Å²) < 4.78 is 11.2. The molecule has 5 rings (SSSR count). The highest BCUT2D eigenvalue weighted by molar-refractivity contribution is 6.04. The Morgan fingerprint density at radius 2 is 2.16 bits per heavy atom. The number of fused-ring (bicyclic) bond motifs is 3. The van der Waals surface area contributed by atoms with E-state index in [1.807, 2.05) is 13.8 Å². The van der Waals surface area contributed by atoms with Crippen LogP contribution in [-0.4, -0.2) is 47.7 Å². The van der Waals surface area contributed by atoms with E-state index in [1.54, 1.807) is 0 Å². The molecule has 0 aromatic carbocycles. The van der Waals surface area contributed by atoms with Gasteiger partial charge in [-0.3, -0.25) is 4.79 Å². The quantitative estimate of drug-likeness (QED) is 0.533. The van der Waals surface area contributed by atoms with Crippen molar-refractivity contribution in [2.24, 2.45) is 11.3 Å². The summed E-state index contributed by atoms with van der Waals surface area (Å²) in [7, 11) is 0. The number of hydrogen-bond acceptors (Lipinski definition) is 5. The molecular weight excluding hydrogens is 248 g/mol. The Morgan fingerprint density at radius 3 is 2.84 bits per heavy atom. The zero-order chi connectivity index (χ0) is 13.5. The molecule has 5 heteroatoms. The van der Waals surface area contributed by atoms with Gasteiger partial charge < -0.3 is 19.4 Å². The molecule has 2 bridgehead atoms. The van der Waals surface area contributed by atoms with Gasteiger partial charge in [-0.05, 0) is 18.9 Å². The van der Waals surface area contributed by atoms with Gasteiger partial charge in [0.25, 0.3) is 0 Å². The highest BCUT2D eigenvalue weighted by Gasteiger charge is 2.64. The molecule has 0 unspecified atom stereocenters. The summed E-state index contributed by atoms with van der Waals surface area (Å²) >= 11 is 0. The molecule has 5 aliphatic rings. The van der Waals surface area contributed by atoms with Crippen LogP contribution in [0, 0.1) is 11.3 Å². The topological polar surface area (TPSA) is 76.1 Å². The molecule has 0 aromatic heterocycles. The predicted molar refractivity (Wildman–Crippen MR) is 63.3 cm³/mol. The van der Waals surface area contributed by atoms with Crippen LogP contribution in [0.2, 0.25) is 0 Å². The normalized spacial score (nSPS) is 54.8. The standard InChI is InChI=1S/C14H16O5/c1-5-6-3-14(2,4-15)13(18-5)8-7(6)9(16)11-12(19-11)10(8)17/h4-6,10-13,17H,3H2,1-2H3/t5-,6-,10+,11+,12-,13-,14-/m1/s1. The third-order valence-electron chi connectivity index (χ3n) is 5.09. The van der Waals surface area contributed by atoms with Crippen molar-refractivity contribution in [1.82, 2.24) is 0 Å². The molecule has 19 heavy (non-hydrogen) atoms. The third-order valence-corrected chi connectivity index (χ3v) is 5.09. The first-order valence-corrected chi connectivity index (χ1v) is 6.71. The van der Waals surface area contributed by atoms with Crippen molar-refractivity contribution in [2.75, 3.05) is 0 Å². The third kappa shape index (κ3) is 1.26. The van der Waals surface area contributed by atoms with E-state index in [0.29, 0.717) is 17.6 Å². The molecule has 0 spiro atoms. The Labute approximate surface area is 110 Å². The minimum Gasteiger partial charge on any atom is -0.386 e. The van der Waals surface area contributed by atoms with Crippen LogP contribution >= 0.6 is 0 Å². The number of ether oxygens (including phenoxy) is 2. The Bertz CT molecular complexity index is 524. The van der Waals surface area contributed by atoms with Gasteiger partial charge in [0.05, 0.1) is 17.6 Å². The van der Waals surface area contributed by atoms with Gasteiger partial charge in [-0.25, -0.2) is 0 Å². The number of carbonyl (C=O) groups is 2. The SMILES string of the molecule is C[C@H]1O[C@@H]2C3=C(C(=O)[C@@H]4O[C@@H]4[C@H]3O)[C@@H]1C[C@]2(C)C=O. The second-order valence-electron chi connectivity index (χ2n) is 6.35. The van der Waals surface area contributed by atoms with Crippen LogP contribution in [0.15, 0.2) is 11.1 Å². The highest BCUT2D eigenvalue weighted by atomic mass is 16.6. The fourth-order valence-electron chi connectivity index (χ4n) is 3.99. The summed E-state index contributed by atoms with van der Waals surface area (Å²) in [6.45, 7) is 3.76. The lowest BCUT2D eigenvalue weighted by Gasteiger charge is -2.53. The maximum atomic E-state index is 12.3. The van der Waals surface area contributed by atoms with E-state index in [9.17, 15) is 14.7 Å². The van der Waals surface area contributed by atoms with E-state index in [4.69, 9.17) is 9.47 Å². The summed E-state index contributed by atoms with van der Waals surface area (Å²) in [5, 5.41) is 10.3. The van der Waals surface area contributed by atoms with Gasteiger partial charge in [-0.2, -0.15) is 0 Å². The van der Waals surface area contributed by atoms with Crippen molar-refractivity contribution >= 4 is 12.1 Å². The zero-order valence-corrected chi connectivity index (χ0v) is 10.8. The van der Waals surface area contributed by atoms with Crippen LogP contribution in [0.3, 0.4) is 0 Å². The van der Waals surface area contributed by atoms with Gasteiger partial charge in [0.2, 0.25) is 0 Å². The van der Waals surface area contributed by atoms with Crippen molar-refractivity contribution in [3.63, 3.8) is 0 Å². The smallest absolute Gasteiger partial charge is 0.190 e. The fraction of sp³-hybridized carbons (Fsp3) is 0.714. The molecule has 3 heterocycles. The van der Waals surface area contributed by atoms with Crippen molar-refractivity contribution in [1.29, 1.82) is 0 Å². The maximum Gasteiger partial charge on any atom is 0.190 e. The lowest BCUT2D eigenvalue weighted by Crippen LogP contribution is -2.58. The maximum absolute atomic E-state index is 12.3. The largest absolute Gasteiger partial charge is 0.386 e. The van der Waals surface area contributed by atoms with E-state index >= 15 is 0 Å². The Balaban J connectivity index is 1.90. The first-order chi connectivity index (χ1) is 8.98. The lowest BCUT2D eigenvalue weighted by atomic mass is 9.59. The van der Waals surface area contributed by atoms with Crippen LogP contribution in [0.5, 0.6) is 0 Å². The highest BCUT2D eigenvalue weighted by Crippen LogP contribution is 2.55. The minimum atomic E-state index is -0.808. The summed E-state index contributed by atoms with van der Waals surface area (Å²) in [6.07, 6.45) is -0.790. The van der Waals surface area contributed by atoms with E-state index in [0.717, 1.165) is 6.29 Å². The average Bonchev–Trinajstić information content (AvgIpc) is 3.17. The molecule has 102 valence electrons. The molecular formula is C14H16O5. The molecule has 2 saturated heterocycles. The van der Waals surface area contributed by atoms with E-state index < -0.39 is 29.8 Å². The second-order valence-corrected chi connectivity index (χ2v) is 6.35. The molecule has 5 nitrogen and oxygen atoms in total. The van der Waals surface area contributed by atoms with E-state index in [1.165, 1.54) is 0 Å². The number of aldehydes is 1. The summed E-state index contributed by atoms with van der Waals surface area (Å²) in [5.74, 6) is -0.120. The average molecular weight is 264 g/mol. The fourth-order valence-corrected chi connectivity index (χ4v) is 3.99. The molecule has 0 aromatic rings. The molecule has 0 radical (unpaired) electrons. The van der Waals surface area contributed by atoms with Crippen molar-refractivity contribution < 1.29 is 24.2 Å². The number of aliphatic hydroxyl groups is 1. The number of rotatable bonds is 1. The number of Topliss-reactive ketones (excluding diaryl/α,β-unsaturated/α-hetero) is 1. The molecule has 2 fully saturated rings. The van der Waals surface area contributed by atoms with Gasteiger partial charge in [-0.1, -0.05) is 6.92 Å². The lowest BCUT2D eigenvalue weighted by molar-refractivity contribution is -0.158. The van der Waals surface area contributed by atoms with Crippen LogP contribution in [0.25, 0.3) is 0 Å². The monoisotopic (exact) mass is 264 g/mol. The number of aliphatic hydroxyl groups excluding tert-OH is 1. The zero-order valence-electron chi connectivity index (χ0n) is 10.8. The Morgan fingerprint density at radius 1 is 1.42 bits per heavy atom. The number of hydrogen-bond donors (Lipinski definition) is 1. The van der Waals surface area contributed by atoms with Crippen molar-refractivity contribution in [3.8, 4) is 0 Å². The summed E-state index contributed by atoms with van der Waals surface area (Å²) in [5.41, 5.74) is 0.626. The minimum absolute atomic E-state index is 0.0107. The van der Waals surface area contributed by atoms with Crippen molar-refractivity contribution in [2.45, 2.75) is 50.8 Å². The molecule has 1 N–H and O–H groups in total.